The Morgan fingerprint density at radius 3 is 2.05 bits per heavy atom. The van der Waals surface area contributed by atoms with Gasteiger partial charge in [-0.05, 0) is 18.4 Å². The molecular weight excluding hydrogens is 496 g/mol. The number of nitrogens with zero attached hydrogens (tertiary/aromatic N) is 1. The van der Waals surface area contributed by atoms with Crippen molar-refractivity contribution in [1.29, 1.82) is 0 Å². The third kappa shape index (κ3) is 11.0. The van der Waals surface area contributed by atoms with Crippen LogP contribution in [-0.4, -0.2) is 78.5 Å². The Morgan fingerprint density at radius 2 is 1.39 bits per heavy atom. The van der Waals surface area contributed by atoms with Crippen molar-refractivity contribution < 1.29 is 33.6 Å². The highest BCUT2D eigenvalue weighted by Crippen LogP contribution is 2.07. The lowest BCUT2D eigenvalue weighted by molar-refractivity contribution is -0.137. The van der Waals surface area contributed by atoms with Gasteiger partial charge >= 0.3 is 0 Å². The van der Waals surface area contributed by atoms with Crippen LogP contribution in [0, 0.1) is 0 Å². The number of rotatable bonds is 16. The van der Waals surface area contributed by atoms with E-state index in [1.54, 1.807) is 30.3 Å². The van der Waals surface area contributed by atoms with Crippen LogP contribution in [-0.2, 0) is 40.0 Å². The number of imide groups is 1. The van der Waals surface area contributed by atoms with E-state index in [0.29, 0.717) is 19.3 Å². The summed E-state index contributed by atoms with van der Waals surface area (Å²) in [6.45, 7) is -0.853. The van der Waals surface area contributed by atoms with Crippen LogP contribution in [0.15, 0.2) is 42.5 Å². The zero-order valence-corrected chi connectivity index (χ0v) is 20.9. The Balaban J connectivity index is 1.65. The molecule has 1 aliphatic rings. The molecule has 7 amide bonds. The molecule has 38 heavy (non-hydrogen) atoms. The quantitative estimate of drug-likeness (QED) is 0.121. The fourth-order valence-corrected chi connectivity index (χ4v) is 3.49. The van der Waals surface area contributed by atoms with E-state index in [1.165, 1.54) is 12.2 Å². The normalized spacial score (nSPS) is 13.1. The zero-order chi connectivity index (χ0) is 27.9. The monoisotopic (exact) mass is 528 g/mol. The molecule has 0 unspecified atom stereocenters. The fraction of sp³-hybridized carbons (Fsp3) is 0.400. The van der Waals surface area contributed by atoms with E-state index in [1.807, 2.05) is 0 Å². The van der Waals surface area contributed by atoms with Crippen LogP contribution >= 0.6 is 0 Å². The number of amides is 7. The number of benzene rings is 1. The van der Waals surface area contributed by atoms with Crippen LogP contribution in [0.25, 0.3) is 0 Å². The molecule has 0 fully saturated rings. The van der Waals surface area contributed by atoms with E-state index < -0.39 is 36.2 Å². The van der Waals surface area contributed by atoms with Crippen molar-refractivity contribution >= 4 is 41.4 Å². The molecule has 1 heterocycles. The summed E-state index contributed by atoms with van der Waals surface area (Å²) >= 11 is 0. The molecule has 0 saturated carbocycles. The average Bonchev–Trinajstić information content (AvgIpc) is 3.21. The van der Waals surface area contributed by atoms with Gasteiger partial charge in [0.2, 0.25) is 29.5 Å². The predicted octanol–water partition coefficient (Wildman–Crippen LogP) is -1.97. The summed E-state index contributed by atoms with van der Waals surface area (Å²) < 4.78 is 0. The Bertz CT molecular complexity index is 1060. The molecule has 0 bridgehead atoms. The summed E-state index contributed by atoms with van der Waals surface area (Å²) in [6, 6.07) is 7.91. The van der Waals surface area contributed by atoms with E-state index >= 15 is 0 Å². The van der Waals surface area contributed by atoms with Gasteiger partial charge in [-0.1, -0.05) is 36.8 Å². The van der Waals surface area contributed by atoms with Crippen molar-refractivity contribution in [2.45, 2.75) is 38.1 Å². The Morgan fingerprint density at radius 1 is 0.763 bits per heavy atom. The second-order valence-electron chi connectivity index (χ2n) is 8.52. The van der Waals surface area contributed by atoms with Crippen molar-refractivity contribution in [3.63, 3.8) is 0 Å². The molecule has 204 valence electrons. The Hall–Kier alpha value is -4.55. The van der Waals surface area contributed by atoms with Crippen LogP contribution in [0.4, 0.5) is 0 Å². The number of hydrogen-bond donors (Lipinski definition) is 5. The van der Waals surface area contributed by atoms with E-state index in [-0.39, 0.29) is 50.2 Å². The first-order chi connectivity index (χ1) is 18.2. The van der Waals surface area contributed by atoms with Gasteiger partial charge in [0, 0.05) is 31.5 Å². The lowest BCUT2D eigenvalue weighted by atomic mass is 10.1. The number of carbonyl (C=O) groups excluding carboxylic acids is 7. The van der Waals surface area contributed by atoms with Crippen molar-refractivity contribution in [3.8, 4) is 0 Å². The van der Waals surface area contributed by atoms with E-state index in [9.17, 15) is 33.6 Å². The molecule has 0 spiro atoms. The summed E-state index contributed by atoms with van der Waals surface area (Å²) in [7, 11) is 0. The summed E-state index contributed by atoms with van der Waals surface area (Å²) in [4.78, 5) is 83.7. The maximum Gasteiger partial charge on any atom is 0.253 e. The maximum absolute atomic E-state index is 12.4. The van der Waals surface area contributed by atoms with Gasteiger partial charge in [-0.2, -0.15) is 0 Å². The molecule has 6 N–H and O–H groups in total. The smallest absolute Gasteiger partial charge is 0.253 e. The topological polar surface area (TPSA) is 197 Å². The van der Waals surface area contributed by atoms with Crippen LogP contribution in [0.2, 0.25) is 0 Å². The minimum absolute atomic E-state index is 0.155. The van der Waals surface area contributed by atoms with E-state index in [4.69, 9.17) is 5.73 Å². The molecule has 1 aromatic rings. The number of hydrogen-bond acceptors (Lipinski definition) is 7. The van der Waals surface area contributed by atoms with Gasteiger partial charge in [0.25, 0.3) is 11.8 Å². The van der Waals surface area contributed by atoms with Gasteiger partial charge in [0.15, 0.2) is 0 Å². The maximum atomic E-state index is 12.4. The van der Waals surface area contributed by atoms with E-state index in [2.05, 4.69) is 21.3 Å². The first-order valence-electron chi connectivity index (χ1n) is 12.1. The molecule has 0 saturated heterocycles. The van der Waals surface area contributed by atoms with Crippen molar-refractivity contribution in [3.05, 3.63) is 48.0 Å². The molecule has 0 aliphatic carbocycles. The van der Waals surface area contributed by atoms with Gasteiger partial charge in [-0.25, -0.2) is 0 Å². The predicted molar refractivity (Wildman–Crippen MR) is 135 cm³/mol. The van der Waals surface area contributed by atoms with Gasteiger partial charge in [0.1, 0.15) is 6.04 Å². The van der Waals surface area contributed by atoms with Crippen molar-refractivity contribution in [2.24, 2.45) is 5.73 Å². The number of nitrogens with one attached hydrogen (secondary N) is 4. The number of unbranched alkanes of at least 4 members (excludes halogenated alkanes) is 2. The molecule has 13 nitrogen and oxygen atoms in total. The molecule has 1 aromatic carbocycles. The lowest BCUT2D eigenvalue weighted by Crippen LogP contribution is -2.52. The van der Waals surface area contributed by atoms with Gasteiger partial charge < -0.3 is 27.0 Å². The minimum Gasteiger partial charge on any atom is -0.368 e. The lowest BCUT2D eigenvalue weighted by Gasteiger charge is -2.18. The van der Waals surface area contributed by atoms with Gasteiger partial charge in [-0.3, -0.25) is 38.5 Å². The highest BCUT2D eigenvalue weighted by molar-refractivity contribution is 6.12. The molecule has 0 aromatic heterocycles. The number of carbonyl (C=O) groups is 7. The fourth-order valence-electron chi connectivity index (χ4n) is 3.49. The number of primary amides is 1. The number of nitrogens with two attached hydrogens (primary N) is 1. The second-order valence-corrected chi connectivity index (χ2v) is 8.52. The van der Waals surface area contributed by atoms with Crippen LogP contribution in [0.3, 0.4) is 0 Å². The highest BCUT2D eigenvalue weighted by Gasteiger charge is 2.23. The summed E-state index contributed by atoms with van der Waals surface area (Å²) in [5.74, 6) is -3.60. The summed E-state index contributed by atoms with van der Waals surface area (Å²) in [6.07, 6.45) is 4.45. The Labute approximate surface area is 219 Å². The SMILES string of the molecule is NC(=O)CNC(=O)[C@H](Cc1ccccc1)NC(=O)CNC(=O)CNC(=O)CCCCCN1C(=O)C=CC1=O. The third-order valence-corrected chi connectivity index (χ3v) is 5.45. The third-order valence-electron chi connectivity index (χ3n) is 5.45. The average molecular weight is 529 g/mol. The molecule has 0 radical (unpaired) electrons. The van der Waals surface area contributed by atoms with Crippen molar-refractivity contribution in [1.82, 2.24) is 26.2 Å². The zero-order valence-electron chi connectivity index (χ0n) is 20.9. The summed E-state index contributed by atoms with van der Waals surface area (Å²) in [5, 5.41) is 9.69. The molecular formula is C25H32N6O7. The summed E-state index contributed by atoms with van der Waals surface area (Å²) in [5.41, 5.74) is 5.83. The first kappa shape index (κ1) is 29.7. The van der Waals surface area contributed by atoms with Crippen LogP contribution < -0.4 is 27.0 Å². The van der Waals surface area contributed by atoms with Crippen LogP contribution in [0.1, 0.15) is 31.2 Å². The second kappa shape index (κ2) is 15.5. The highest BCUT2D eigenvalue weighted by atomic mass is 16.2. The largest absolute Gasteiger partial charge is 0.368 e. The molecule has 1 atom stereocenters. The molecule has 2 rings (SSSR count). The van der Waals surface area contributed by atoms with E-state index in [0.717, 1.165) is 10.5 Å². The molecule has 1 aliphatic heterocycles. The minimum atomic E-state index is -1.00. The van der Waals surface area contributed by atoms with Gasteiger partial charge in [-0.15, -0.1) is 0 Å². The van der Waals surface area contributed by atoms with Crippen molar-refractivity contribution in [2.75, 3.05) is 26.2 Å². The Kier molecular flexibility index (Phi) is 12.1. The molecule has 13 heteroatoms. The van der Waals surface area contributed by atoms with Gasteiger partial charge in [0.05, 0.1) is 19.6 Å². The standard InChI is InChI=1S/C25H32N6O7/c26-19(32)14-29-25(38)18(13-17-7-3-1-4-8-17)30-22(35)16-28-21(34)15-27-20(33)9-5-2-6-12-31-23(36)10-11-24(31)37/h1,3-4,7-8,10-11,18H,2,5-6,9,12-16H2,(H2,26,32)(H,27,33)(H,28,34)(H,29,38)(H,30,35)/t18-/m0/s1. The van der Waals surface area contributed by atoms with Crippen LogP contribution in [0.5, 0.6) is 0 Å². The first-order valence-corrected chi connectivity index (χ1v) is 12.1.